The second-order valence-electron chi connectivity index (χ2n) is 1.49. The zero-order valence-electron chi connectivity index (χ0n) is 4.78. The van der Waals surface area contributed by atoms with E-state index in [1.807, 2.05) is 0 Å². The number of carbonyl (C=O) groups excluding carboxylic acids is 1. The van der Waals surface area contributed by atoms with Gasteiger partial charge in [0.1, 0.15) is 0 Å². The van der Waals surface area contributed by atoms with E-state index in [1.54, 1.807) is 0 Å². The topological polar surface area (TPSA) is 83.6 Å². The molecule has 0 spiro atoms. The second kappa shape index (κ2) is 5.81. The van der Waals surface area contributed by atoms with Crippen LogP contribution in [0, 0.1) is 0 Å². The Morgan fingerprint density at radius 1 is 1.56 bits per heavy atom. The van der Waals surface area contributed by atoms with Gasteiger partial charge in [0.15, 0.2) is 6.29 Å². The summed E-state index contributed by atoms with van der Waals surface area (Å²) in [6.07, 6.45) is -1.37. The highest BCUT2D eigenvalue weighted by atomic mass is 35.5. The molecule has 0 saturated carbocycles. The summed E-state index contributed by atoms with van der Waals surface area (Å²) in [5, 5.41) is 16.3. The number of amides is 1. The quantitative estimate of drug-likeness (QED) is 0.457. The Bertz CT molecular complexity index is 85.9. The molecule has 0 aromatic carbocycles. The Morgan fingerprint density at radius 3 is 2.11 bits per heavy atom. The summed E-state index contributed by atoms with van der Waals surface area (Å²) in [7, 11) is 0. The van der Waals surface area contributed by atoms with Crippen molar-refractivity contribution in [2.75, 3.05) is 0 Å². The zero-order valence-corrected chi connectivity index (χ0v) is 5.60. The number of rotatable bonds is 3. The summed E-state index contributed by atoms with van der Waals surface area (Å²) in [6, 6.07) is 0. The van der Waals surface area contributed by atoms with Crippen molar-refractivity contribution in [1.29, 1.82) is 0 Å². The average molecular weight is 156 g/mol. The molecule has 0 fully saturated rings. The van der Waals surface area contributed by atoms with Crippen LogP contribution in [0.5, 0.6) is 0 Å². The van der Waals surface area contributed by atoms with Crippen LogP contribution < -0.4 is 5.73 Å². The SMILES string of the molecule is Cl.NC(=O)CCC(O)O. The highest BCUT2D eigenvalue weighted by Gasteiger charge is 1.98. The van der Waals surface area contributed by atoms with Crippen LogP contribution in [0.25, 0.3) is 0 Å². The monoisotopic (exact) mass is 155 g/mol. The van der Waals surface area contributed by atoms with E-state index >= 15 is 0 Å². The molecule has 0 aliphatic heterocycles. The van der Waals surface area contributed by atoms with Gasteiger partial charge in [0.05, 0.1) is 0 Å². The third-order valence-corrected chi connectivity index (χ3v) is 0.649. The molecule has 0 aliphatic rings. The molecule has 0 radical (unpaired) electrons. The Morgan fingerprint density at radius 2 is 2.00 bits per heavy atom. The van der Waals surface area contributed by atoms with Crippen molar-refractivity contribution >= 4 is 18.3 Å². The summed E-state index contributed by atoms with van der Waals surface area (Å²) in [4.78, 5) is 9.90. The molecule has 0 aliphatic carbocycles. The molecule has 0 rings (SSSR count). The van der Waals surface area contributed by atoms with E-state index in [2.05, 4.69) is 5.73 Å². The van der Waals surface area contributed by atoms with Crippen LogP contribution in [0.15, 0.2) is 0 Å². The van der Waals surface area contributed by atoms with Crippen molar-refractivity contribution in [3.05, 3.63) is 0 Å². The minimum absolute atomic E-state index is 0. The summed E-state index contributed by atoms with van der Waals surface area (Å²) >= 11 is 0. The molecule has 1 amide bonds. The van der Waals surface area contributed by atoms with E-state index in [1.165, 1.54) is 0 Å². The van der Waals surface area contributed by atoms with Crippen LogP contribution in [-0.2, 0) is 4.79 Å². The largest absolute Gasteiger partial charge is 0.370 e. The first-order chi connectivity index (χ1) is 3.63. The lowest BCUT2D eigenvalue weighted by Crippen LogP contribution is -2.14. The lowest BCUT2D eigenvalue weighted by molar-refractivity contribution is -0.120. The third kappa shape index (κ3) is 11.3. The number of halogens is 1. The van der Waals surface area contributed by atoms with Crippen LogP contribution in [-0.4, -0.2) is 22.4 Å². The molecule has 0 aromatic heterocycles. The molecule has 4 nitrogen and oxygen atoms in total. The highest BCUT2D eigenvalue weighted by Crippen LogP contribution is 1.89. The number of carbonyl (C=O) groups is 1. The van der Waals surface area contributed by atoms with Crippen molar-refractivity contribution in [1.82, 2.24) is 0 Å². The van der Waals surface area contributed by atoms with Gasteiger partial charge in [-0.2, -0.15) is 0 Å². The smallest absolute Gasteiger partial charge is 0.217 e. The standard InChI is InChI=1S/C4H9NO3.ClH/c5-3(6)1-2-4(7)8;/h4,7-8H,1-2H2,(H2,5,6);1H. The molecule has 0 bridgehead atoms. The molecule has 9 heavy (non-hydrogen) atoms. The van der Waals surface area contributed by atoms with E-state index in [0.717, 1.165) is 0 Å². The Kier molecular flexibility index (Phi) is 7.41. The second-order valence-corrected chi connectivity index (χ2v) is 1.49. The first-order valence-corrected chi connectivity index (χ1v) is 2.27. The first-order valence-electron chi connectivity index (χ1n) is 2.27. The van der Waals surface area contributed by atoms with Crippen molar-refractivity contribution < 1.29 is 15.0 Å². The summed E-state index contributed by atoms with van der Waals surface area (Å²) in [5.74, 6) is -0.516. The van der Waals surface area contributed by atoms with Crippen LogP contribution in [0.3, 0.4) is 0 Å². The van der Waals surface area contributed by atoms with Crippen LogP contribution in [0.1, 0.15) is 12.8 Å². The molecule has 0 atom stereocenters. The molecular formula is C4H10ClNO3. The molecule has 4 N–H and O–H groups in total. The average Bonchev–Trinajstić information content (AvgIpc) is 1.61. The van der Waals surface area contributed by atoms with E-state index < -0.39 is 12.2 Å². The van der Waals surface area contributed by atoms with Crippen molar-refractivity contribution in [3.8, 4) is 0 Å². The summed E-state index contributed by atoms with van der Waals surface area (Å²) < 4.78 is 0. The van der Waals surface area contributed by atoms with Gasteiger partial charge in [0, 0.05) is 12.8 Å². The van der Waals surface area contributed by atoms with Gasteiger partial charge in [-0.3, -0.25) is 4.79 Å². The maximum Gasteiger partial charge on any atom is 0.217 e. The maximum atomic E-state index is 9.90. The fraction of sp³-hybridized carbons (Fsp3) is 0.750. The first kappa shape index (κ1) is 11.5. The van der Waals surface area contributed by atoms with Crippen molar-refractivity contribution in [2.45, 2.75) is 19.1 Å². The number of aliphatic hydroxyl groups excluding tert-OH is 1. The van der Waals surface area contributed by atoms with Gasteiger partial charge >= 0.3 is 0 Å². The van der Waals surface area contributed by atoms with E-state index in [-0.39, 0.29) is 25.2 Å². The lowest BCUT2D eigenvalue weighted by Gasteiger charge is -1.97. The predicted molar refractivity (Wildman–Crippen MR) is 33.9 cm³/mol. The molecule has 0 saturated heterocycles. The van der Waals surface area contributed by atoms with Crippen molar-refractivity contribution in [3.63, 3.8) is 0 Å². The fourth-order valence-corrected chi connectivity index (χ4v) is 0.271. The third-order valence-electron chi connectivity index (χ3n) is 0.649. The fourth-order valence-electron chi connectivity index (χ4n) is 0.271. The Balaban J connectivity index is 0. The lowest BCUT2D eigenvalue weighted by atomic mass is 10.3. The number of nitrogens with two attached hydrogens (primary N) is 1. The van der Waals surface area contributed by atoms with Gasteiger partial charge in [-0.1, -0.05) is 0 Å². The number of primary amides is 1. The molecule has 0 aromatic rings. The normalized spacial score (nSPS) is 8.78. The highest BCUT2D eigenvalue weighted by molar-refractivity contribution is 5.85. The molecular weight excluding hydrogens is 146 g/mol. The van der Waals surface area contributed by atoms with Gasteiger partial charge in [-0.05, 0) is 0 Å². The van der Waals surface area contributed by atoms with Crippen LogP contribution >= 0.6 is 12.4 Å². The molecule has 56 valence electrons. The molecule has 0 unspecified atom stereocenters. The van der Waals surface area contributed by atoms with E-state index in [9.17, 15) is 4.79 Å². The van der Waals surface area contributed by atoms with Crippen molar-refractivity contribution in [2.24, 2.45) is 5.73 Å². The Labute approximate surface area is 59.1 Å². The number of hydrogen-bond acceptors (Lipinski definition) is 3. The Hall–Kier alpha value is -0.320. The summed E-state index contributed by atoms with van der Waals surface area (Å²) in [6.45, 7) is 0. The summed E-state index contributed by atoms with van der Waals surface area (Å²) in [5.41, 5.74) is 4.68. The molecule has 5 heteroatoms. The number of aliphatic hydroxyl groups is 2. The predicted octanol–water partition coefficient (Wildman–Crippen LogP) is -1.02. The van der Waals surface area contributed by atoms with Gasteiger partial charge < -0.3 is 15.9 Å². The van der Waals surface area contributed by atoms with Crippen LogP contribution in [0.2, 0.25) is 0 Å². The van der Waals surface area contributed by atoms with E-state index in [0.29, 0.717) is 0 Å². The van der Waals surface area contributed by atoms with Gasteiger partial charge in [-0.15, -0.1) is 12.4 Å². The van der Waals surface area contributed by atoms with Crippen LogP contribution in [0.4, 0.5) is 0 Å². The minimum atomic E-state index is -1.41. The maximum absolute atomic E-state index is 9.90. The van der Waals surface area contributed by atoms with Gasteiger partial charge in [0.25, 0.3) is 0 Å². The van der Waals surface area contributed by atoms with E-state index in [4.69, 9.17) is 10.2 Å². The van der Waals surface area contributed by atoms with Gasteiger partial charge in [0.2, 0.25) is 5.91 Å². The van der Waals surface area contributed by atoms with Gasteiger partial charge in [-0.25, -0.2) is 0 Å². The molecule has 0 heterocycles. The number of hydrogen-bond donors (Lipinski definition) is 3. The zero-order chi connectivity index (χ0) is 6.57. The minimum Gasteiger partial charge on any atom is -0.370 e.